The smallest absolute Gasteiger partial charge is 0.273 e. The van der Waals surface area contributed by atoms with Crippen LogP contribution in [0.25, 0.3) is 22.4 Å². The number of aliphatic hydroxyl groups excluding tert-OH is 1. The lowest BCUT2D eigenvalue weighted by molar-refractivity contribution is -0.385. The first-order valence-electron chi connectivity index (χ1n) is 7.05. The summed E-state index contributed by atoms with van der Waals surface area (Å²) in [5.41, 5.74) is 1.69. The van der Waals surface area contributed by atoms with E-state index in [2.05, 4.69) is 9.97 Å². The van der Waals surface area contributed by atoms with Gasteiger partial charge in [0.25, 0.3) is 5.69 Å². The molecule has 24 heavy (non-hydrogen) atoms. The van der Waals surface area contributed by atoms with E-state index in [-0.39, 0.29) is 34.0 Å². The van der Waals surface area contributed by atoms with Crippen LogP contribution in [-0.4, -0.2) is 20.0 Å². The second-order valence-corrected chi connectivity index (χ2v) is 5.14. The molecule has 0 aliphatic carbocycles. The van der Waals surface area contributed by atoms with E-state index in [1.54, 1.807) is 12.1 Å². The average molecular weight is 320 g/mol. The zero-order valence-corrected chi connectivity index (χ0v) is 12.6. The van der Waals surface area contributed by atoms with Gasteiger partial charge in [-0.3, -0.25) is 10.1 Å². The molecule has 0 saturated heterocycles. The van der Waals surface area contributed by atoms with Crippen molar-refractivity contribution in [2.75, 3.05) is 0 Å². The number of hydrogen-bond donors (Lipinski definition) is 2. The minimum Gasteiger partial charge on any atom is -0.506 e. The van der Waals surface area contributed by atoms with Gasteiger partial charge in [-0.1, -0.05) is 24.3 Å². The van der Waals surface area contributed by atoms with Gasteiger partial charge in [0.05, 0.1) is 16.0 Å². The predicted molar refractivity (Wildman–Crippen MR) is 89.0 cm³/mol. The number of allylic oxidation sites excluding steroid dienone is 1. The number of para-hydroxylation sites is 2. The molecule has 0 radical (unpaired) electrons. The number of hydrogen-bond acceptors (Lipinski definition) is 5. The molecule has 3 rings (SSSR count). The molecule has 1 heterocycles. The Balaban J connectivity index is 2.20. The number of nitriles is 1. The Bertz CT molecular complexity index is 995. The van der Waals surface area contributed by atoms with Crippen molar-refractivity contribution >= 4 is 28.1 Å². The number of aromatic nitrogens is 2. The molecule has 0 aliphatic heterocycles. The number of aliphatic hydroxyl groups is 1. The summed E-state index contributed by atoms with van der Waals surface area (Å²) in [5.74, 6) is -0.139. The molecule has 0 fully saturated rings. The summed E-state index contributed by atoms with van der Waals surface area (Å²) >= 11 is 0. The van der Waals surface area contributed by atoms with Gasteiger partial charge in [0, 0.05) is 17.2 Å². The predicted octanol–water partition coefficient (Wildman–Crippen LogP) is 3.73. The summed E-state index contributed by atoms with van der Waals surface area (Å²) in [6.45, 7) is 1.53. The lowest BCUT2D eigenvalue weighted by Gasteiger charge is -2.07. The standard InChI is InChI=1S/C17H12N4O3/c1-10-11(5-4-8-15(10)21(23)24)16(22)12(9-18)17-19-13-6-2-3-7-14(13)20-17/h2-8,22H,1H3,(H,19,20)/b16-12-. The molecular formula is C17H12N4O3. The number of H-pyrrole nitrogens is 1. The van der Waals surface area contributed by atoms with E-state index in [4.69, 9.17) is 0 Å². The maximum absolute atomic E-state index is 11.0. The van der Waals surface area contributed by atoms with Crippen molar-refractivity contribution in [3.63, 3.8) is 0 Å². The molecule has 1 aromatic heterocycles. The average Bonchev–Trinajstić information content (AvgIpc) is 2.98. The largest absolute Gasteiger partial charge is 0.506 e. The van der Waals surface area contributed by atoms with E-state index < -0.39 is 4.92 Å². The highest BCUT2D eigenvalue weighted by Crippen LogP contribution is 2.30. The van der Waals surface area contributed by atoms with Gasteiger partial charge in [0.1, 0.15) is 17.4 Å². The van der Waals surface area contributed by atoms with Gasteiger partial charge in [0.2, 0.25) is 0 Å². The summed E-state index contributed by atoms with van der Waals surface area (Å²) < 4.78 is 0. The molecule has 0 bridgehead atoms. The Morgan fingerprint density at radius 1 is 1.29 bits per heavy atom. The SMILES string of the molecule is Cc1c(/C(O)=C(\C#N)c2nc3ccccc3[nH]2)cccc1[N+](=O)[O-]. The number of imidazole rings is 1. The quantitative estimate of drug-likeness (QED) is 0.330. The molecule has 2 aromatic carbocycles. The fourth-order valence-electron chi connectivity index (χ4n) is 2.50. The van der Waals surface area contributed by atoms with Crippen molar-refractivity contribution in [2.24, 2.45) is 0 Å². The van der Waals surface area contributed by atoms with Gasteiger partial charge in [-0.15, -0.1) is 0 Å². The number of rotatable bonds is 3. The second kappa shape index (κ2) is 5.85. The van der Waals surface area contributed by atoms with Gasteiger partial charge in [0.15, 0.2) is 5.82 Å². The van der Waals surface area contributed by atoms with E-state index in [0.29, 0.717) is 5.52 Å². The molecule has 3 aromatic rings. The highest BCUT2D eigenvalue weighted by atomic mass is 16.6. The molecule has 0 amide bonds. The number of nitrogens with zero attached hydrogens (tertiary/aromatic N) is 3. The van der Waals surface area contributed by atoms with Crippen LogP contribution in [-0.2, 0) is 0 Å². The minimum atomic E-state index is -0.528. The fraction of sp³-hybridized carbons (Fsp3) is 0.0588. The van der Waals surface area contributed by atoms with Crippen LogP contribution >= 0.6 is 0 Å². The topological polar surface area (TPSA) is 116 Å². The van der Waals surface area contributed by atoms with Crippen molar-refractivity contribution < 1.29 is 10.0 Å². The molecule has 7 nitrogen and oxygen atoms in total. The first-order chi connectivity index (χ1) is 11.5. The van der Waals surface area contributed by atoms with Crippen LogP contribution in [0.5, 0.6) is 0 Å². The third-order valence-electron chi connectivity index (χ3n) is 3.73. The molecule has 0 saturated carbocycles. The molecule has 7 heteroatoms. The van der Waals surface area contributed by atoms with Crippen LogP contribution in [0.2, 0.25) is 0 Å². The van der Waals surface area contributed by atoms with E-state index in [1.165, 1.54) is 25.1 Å². The van der Waals surface area contributed by atoms with Crippen molar-refractivity contribution in [3.8, 4) is 6.07 Å². The van der Waals surface area contributed by atoms with Crippen LogP contribution in [0.15, 0.2) is 42.5 Å². The number of nitrogens with one attached hydrogen (secondary N) is 1. The minimum absolute atomic E-state index is 0.0743. The molecule has 0 atom stereocenters. The third kappa shape index (κ3) is 2.46. The normalized spacial score (nSPS) is 11.8. The zero-order chi connectivity index (χ0) is 17.3. The molecule has 0 spiro atoms. The second-order valence-electron chi connectivity index (χ2n) is 5.14. The van der Waals surface area contributed by atoms with E-state index in [1.807, 2.05) is 18.2 Å². The third-order valence-corrected chi connectivity index (χ3v) is 3.73. The maximum atomic E-state index is 11.0. The number of nitro groups is 1. The molecule has 0 unspecified atom stereocenters. The van der Waals surface area contributed by atoms with Gasteiger partial charge >= 0.3 is 0 Å². The van der Waals surface area contributed by atoms with Gasteiger partial charge < -0.3 is 10.1 Å². The monoisotopic (exact) mass is 320 g/mol. The highest BCUT2D eigenvalue weighted by molar-refractivity contribution is 5.95. The Morgan fingerprint density at radius 2 is 2.04 bits per heavy atom. The Labute approximate surface area is 136 Å². The summed E-state index contributed by atoms with van der Waals surface area (Å²) in [6.07, 6.45) is 0. The van der Waals surface area contributed by atoms with Crippen LogP contribution < -0.4 is 0 Å². The van der Waals surface area contributed by atoms with Crippen molar-refractivity contribution in [3.05, 3.63) is 69.5 Å². The Morgan fingerprint density at radius 3 is 2.71 bits per heavy atom. The summed E-state index contributed by atoms with van der Waals surface area (Å²) in [7, 11) is 0. The van der Waals surface area contributed by atoms with Crippen molar-refractivity contribution in [2.45, 2.75) is 6.92 Å². The highest BCUT2D eigenvalue weighted by Gasteiger charge is 2.20. The van der Waals surface area contributed by atoms with Crippen molar-refractivity contribution in [1.82, 2.24) is 9.97 Å². The Kier molecular flexibility index (Phi) is 3.72. The first kappa shape index (κ1) is 15.2. The lowest BCUT2D eigenvalue weighted by Crippen LogP contribution is -1.98. The summed E-state index contributed by atoms with van der Waals surface area (Å²) in [4.78, 5) is 17.8. The zero-order valence-electron chi connectivity index (χ0n) is 12.6. The molecular weight excluding hydrogens is 308 g/mol. The maximum Gasteiger partial charge on any atom is 0.273 e. The van der Waals surface area contributed by atoms with Gasteiger partial charge in [-0.25, -0.2) is 4.98 Å². The number of aromatic amines is 1. The van der Waals surface area contributed by atoms with Crippen molar-refractivity contribution in [1.29, 1.82) is 5.26 Å². The van der Waals surface area contributed by atoms with Crippen LogP contribution in [0, 0.1) is 28.4 Å². The van der Waals surface area contributed by atoms with Crippen LogP contribution in [0.1, 0.15) is 17.0 Å². The Hall–Kier alpha value is -3.66. The van der Waals surface area contributed by atoms with Crippen LogP contribution in [0.3, 0.4) is 0 Å². The fourth-order valence-corrected chi connectivity index (χ4v) is 2.50. The molecule has 118 valence electrons. The summed E-state index contributed by atoms with van der Waals surface area (Å²) in [5, 5.41) is 31.0. The van der Waals surface area contributed by atoms with Gasteiger partial charge in [-0.2, -0.15) is 5.26 Å². The first-order valence-corrected chi connectivity index (χ1v) is 7.05. The molecule has 0 aliphatic rings. The number of fused-ring (bicyclic) bond motifs is 1. The number of nitro benzene ring substituents is 1. The van der Waals surface area contributed by atoms with Gasteiger partial charge in [-0.05, 0) is 19.1 Å². The van der Waals surface area contributed by atoms with E-state index in [9.17, 15) is 20.5 Å². The number of benzene rings is 2. The van der Waals surface area contributed by atoms with Crippen LogP contribution in [0.4, 0.5) is 5.69 Å². The lowest BCUT2D eigenvalue weighted by atomic mass is 10.0. The van der Waals surface area contributed by atoms with E-state index in [0.717, 1.165) is 5.52 Å². The van der Waals surface area contributed by atoms with E-state index >= 15 is 0 Å². The summed E-state index contributed by atoms with van der Waals surface area (Å²) in [6, 6.07) is 13.5. The molecule has 2 N–H and O–H groups in total.